The minimum Gasteiger partial charge on any atom is -0.493 e. The van der Waals surface area contributed by atoms with Crippen molar-refractivity contribution in [2.24, 2.45) is 0 Å². The summed E-state index contributed by atoms with van der Waals surface area (Å²) in [5.41, 5.74) is 1.50. The molecule has 0 aromatic heterocycles. The molecule has 2 aliphatic rings. The third-order valence-corrected chi connectivity index (χ3v) is 6.77. The van der Waals surface area contributed by atoms with Crippen molar-refractivity contribution < 1.29 is 37.7 Å². The molecule has 1 N–H and O–H groups in total. The lowest BCUT2D eigenvalue weighted by Gasteiger charge is -2.19. The highest BCUT2D eigenvalue weighted by Gasteiger charge is 2.23. The number of fused-ring (bicyclic) bond motifs is 2. The zero-order valence-corrected chi connectivity index (χ0v) is 27.9. The van der Waals surface area contributed by atoms with Crippen molar-refractivity contribution >= 4 is 29.0 Å². The normalized spacial score (nSPS) is 11.7. The predicted molar refractivity (Wildman–Crippen MR) is 179 cm³/mol. The Morgan fingerprint density at radius 3 is 2.28 bits per heavy atom. The van der Waals surface area contributed by atoms with Crippen LogP contribution in [0, 0.1) is 0 Å². The van der Waals surface area contributed by atoms with E-state index < -0.39 is 23.3 Å². The molecule has 2 aromatic rings. The third kappa shape index (κ3) is 10.3. The van der Waals surface area contributed by atoms with E-state index in [1.54, 1.807) is 45.0 Å². The van der Waals surface area contributed by atoms with Crippen LogP contribution in [-0.2, 0) is 19.0 Å². The fourth-order valence-electron chi connectivity index (χ4n) is 4.88. The van der Waals surface area contributed by atoms with Crippen LogP contribution in [0.1, 0.15) is 77.6 Å². The molecule has 0 bridgehead atoms. The van der Waals surface area contributed by atoms with E-state index >= 15 is 0 Å². The Kier molecular flexibility index (Phi) is 11.3. The molecule has 0 spiro atoms. The summed E-state index contributed by atoms with van der Waals surface area (Å²) in [7, 11) is 0. The number of rotatable bonds is 12. The van der Waals surface area contributed by atoms with Crippen molar-refractivity contribution in [2.75, 3.05) is 19.8 Å². The number of carbonyl (C=O) groups is 3. The quantitative estimate of drug-likeness (QED) is 0.0719. The highest BCUT2D eigenvalue weighted by atomic mass is 16.6. The first-order chi connectivity index (χ1) is 22.2. The predicted octanol–water partition coefficient (Wildman–Crippen LogP) is 7.53. The highest BCUT2D eigenvalue weighted by Crippen LogP contribution is 2.42. The molecule has 250 valence electrons. The van der Waals surface area contributed by atoms with Gasteiger partial charge in [0.1, 0.15) is 28.3 Å². The van der Waals surface area contributed by atoms with Crippen LogP contribution < -0.4 is 15.5 Å². The second-order valence-corrected chi connectivity index (χ2v) is 13.1. The second kappa shape index (κ2) is 15.2. The van der Waals surface area contributed by atoms with Crippen LogP contribution in [0.5, 0.6) is 5.75 Å². The first kappa shape index (κ1) is 35.0. The molecule has 1 aliphatic carbocycles. The van der Waals surface area contributed by atoms with Crippen molar-refractivity contribution in [3.05, 3.63) is 76.5 Å². The maximum absolute atomic E-state index is 13.3. The highest BCUT2D eigenvalue weighted by molar-refractivity contribution is 6.07. The summed E-state index contributed by atoms with van der Waals surface area (Å²) in [5.74, 6) is 0.123. The minimum atomic E-state index is -0.573. The zero-order chi connectivity index (χ0) is 34.2. The minimum absolute atomic E-state index is 0.148. The van der Waals surface area contributed by atoms with Gasteiger partial charge in [0, 0.05) is 41.6 Å². The molecule has 1 heterocycles. The molecule has 47 heavy (non-hydrogen) atoms. The van der Waals surface area contributed by atoms with Crippen LogP contribution in [0.15, 0.2) is 69.9 Å². The van der Waals surface area contributed by atoms with Crippen LogP contribution in [0.2, 0.25) is 0 Å². The zero-order valence-electron chi connectivity index (χ0n) is 27.9. The summed E-state index contributed by atoms with van der Waals surface area (Å²) in [6.45, 7) is 11.7. The van der Waals surface area contributed by atoms with Crippen molar-refractivity contribution in [1.82, 2.24) is 5.32 Å². The van der Waals surface area contributed by atoms with Crippen LogP contribution in [-0.4, -0.2) is 49.0 Å². The molecule has 4 rings (SSSR count). The van der Waals surface area contributed by atoms with Gasteiger partial charge in [0.05, 0.1) is 18.8 Å². The monoisotopic (exact) mass is 645 g/mol. The number of hydrogen-bond donors (Lipinski definition) is 1. The van der Waals surface area contributed by atoms with Gasteiger partial charge in [0.2, 0.25) is 0 Å². The van der Waals surface area contributed by atoms with E-state index in [-0.39, 0.29) is 24.4 Å². The largest absolute Gasteiger partial charge is 0.493 e. The van der Waals surface area contributed by atoms with Crippen LogP contribution >= 0.6 is 0 Å². The number of carbonyl (C=O) groups excluding carboxylic acids is 3. The van der Waals surface area contributed by atoms with E-state index in [2.05, 4.69) is 5.32 Å². The molecular formula is C37H43NO9. The first-order valence-corrected chi connectivity index (χ1v) is 15.8. The average molecular weight is 646 g/mol. The number of esters is 2. The summed E-state index contributed by atoms with van der Waals surface area (Å²) in [4.78, 5) is 49.5. The van der Waals surface area contributed by atoms with Crippen LogP contribution in [0.25, 0.3) is 33.4 Å². The third-order valence-electron chi connectivity index (χ3n) is 6.77. The number of amides is 1. The SMILES string of the molecule is CC(C)(C)OC(=O)CCCCOC(=O)c1ccccc1-c1c2ccc(=O)cc-2oc2cc(OCCCNC(=O)OC(C)(C)C)ccc12. The number of ether oxygens (including phenoxy) is 4. The molecule has 0 fully saturated rings. The lowest BCUT2D eigenvalue weighted by atomic mass is 9.91. The standard InChI is InChI=1S/C37H43NO9/c1-36(2,3)46-32(40)14-9-10-20-44-34(41)27-13-8-7-12-26(27)33-28-17-15-24(39)22-30(28)45-31-23-25(16-18-29(31)33)43-21-11-19-38-35(42)47-37(4,5)6/h7-8,12-13,15-18,22-23H,9-11,14,19-21H2,1-6H3,(H,38,42). The number of benzene rings is 3. The van der Waals surface area contributed by atoms with Crippen LogP contribution in [0.3, 0.4) is 0 Å². The smallest absolute Gasteiger partial charge is 0.407 e. The molecule has 0 saturated heterocycles. The Hall–Kier alpha value is -4.86. The fourth-order valence-corrected chi connectivity index (χ4v) is 4.88. The summed E-state index contributed by atoms with van der Waals surface area (Å²) in [6.07, 6.45) is 1.35. The van der Waals surface area contributed by atoms with E-state index in [4.69, 9.17) is 23.4 Å². The number of nitrogens with one attached hydrogen (secondary N) is 1. The van der Waals surface area contributed by atoms with Gasteiger partial charge in [0.25, 0.3) is 0 Å². The Labute approximate surface area is 274 Å². The lowest BCUT2D eigenvalue weighted by molar-refractivity contribution is -0.154. The van der Waals surface area contributed by atoms with E-state index in [1.165, 1.54) is 12.1 Å². The van der Waals surface area contributed by atoms with Crippen LogP contribution in [0.4, 0.5) is 4.79 Å². The first-order valence-electron chi connectivity index (χ1n) is 15.8. The van der Waals surface area contributed by atoms with Gasteiger partial charge in [-0.1, -0.05) is 18.2 Å². The maximum Gasteiger partial charge on any atom is 0.407 e. The lowest BCUT2D eigenvalue weighted by Crippen LogP contribution is -2.33. The average Bonchev–Trinajstić information content (AvgIpc) is 2.97. The van der Waals surface area contributed by atoms with E-state index in [0.717, 1.165) is 0 Å². The van der Waals surface area contributed by atoms with Gasteiger partial charge in [-0.25, -0.2) is 9.59 Å². The Morgan fingerprint density at radius 2 is 1.53 bits per heavy atom. The van der Waals surface area contributed by atoms with Gasteiger partial charge < -0.3 is 28.7 Å². The second-order valence-electron chi connectivity index (χ2n) is 13.1. The summed E-state index contributed by atoms with van der Waals surface area (Å²) in [5, 5.41) is 3.42. The molecule has 10 nitrogen and oxygen atoms in total. The fraction of sp³-hybridized carbons (Fsp3) is 0.405. The topological polar surface area (TPSA) is 130 Å². The van der Waals surface area contributed by atoms with Gasteiger partial charge in [-0.2, -0.15) is 0 Å². The molecule has 1 aliphatic heterocycles. The van der Waals surface area contributed by atoms with E-state index in [1.807, 2.05) is 45.0 Å². The van der Waals surface area contributed by atoms with Crippen molar-refractivity contribution in [3.63, 3.8) is 0 Å². The van der Waals surface area contributed by atoms with E-state index in [0.29, 0.717) is 77.1 Å². The van der Waals surface area contributed by atoms with Gasteiger partial charge in [-0.15, -0.1) is 0 Å². The molecule has 10 heteroatoms. The van der Waals surface area contributed by atoms with Crippen molar-refractivity contribution in [1.29, 1.82) is 0 Å². The summed E-state index contributed by atoms with van der Waals surface area (Å²) >= 11 is 0. The molecule has 1 amide bonds. The van der Waals surface area contributed by atoms with Crippen molar-refractivity contribution in [3.8, 4) is 28.2 Å². The number of hydrogen-bond acceptors (Lipinski definition) is 9. The van der Waals surface area contributed by atoms with Gasteiger partial charge >= 0.3 is 18.0 Å². The van der Waals surface area contributed by atoms with Gasteiger partial charge in [-0.05, 0) is 96.7 Å². The molecule has 0 radical (unpaired) electrons. The van der Waals surface area contributed by atoms with E-state index in [9.17, 15) is 19.2 Å². The number of unbranched alkanes of at least 4 members (excludes halogenated alkanes) is 1. The Balaban J connectivity index is 1.51. The Bertz CT molecular complexity index is 1740. The molecule has 0 unspecified atom stereocenters. The van der Waals surface area contributed by atoms with Crippen molar-refractivity contribution in [2.45, 2.75) is 78.4 Å². The molecule has 0 atom stereocenters. The van der Waals surface area contributed by atoms with Gasteiger partial charge in [0.15, 0.2) is 5.43 Å². The molecule has 0 saturated carbocycles. The maximum atomic E-state index is 13.3. The molecule has 2 aromatic carbocycles. The summed E-state index contributed by atoms with van der Waals surface area (Å²) in [6, 6.07) is 17.1. The van der Waals surface area contributed by atoms with Gasteiger partial charge in [-0.3, -0.25) is 9.59 Å². The summed E-state index contributed by atoms with van der Waals surface area (Å²) < 4.78 is 28.3. The molecular weight excluding hydrogens is 602 g/mol. The number of alkyl carbamates (subject to hydrolysis) is 1. The Morgan fingerprint density at radius 1 is 0.787 bits per heavy atom.